The van der Waals surface area contributed by atoms with E-state index in [0.29, 0.717) is 5.56 Å². The zero-order valence-electron chi connectivity index (χ0n) is 16.2. The maximum absolute atomic E-state index is 12.2. The summed E-state index contributed by atoms with van der Waals surface area (Å²) in [7, 11) is -8.64. The minimum absolute atomic E-state index is 0.00706. The zero-order chi connectivity index (χ0) is 23.4. The number of anilines is 1. The van der Waals surface area contributed by atoms with E-state index in [1.165, 1.54) is 31.2 Å². The Morgan fingerprint density at radius 2 is 1.71 bits per heavy atom. The van der Waals surface area contributed by atoms with Gasteiger partial charge in [-0.2, -0.15) is 8.42 Å². The van der Waals surface area contributed by atoms with Gasteiger partial charge in [-0.15, -0.1) is 0 Å². The summed E-state index contributed by atoms with van der Waals surface area (Å²) in [6.45, 7) is 1.53. The molecule has 168 valence electrons. The van der Waals surface area contributed by atoms with Gasteiger partial charge in [0.2, 0.25) is 5.91 Å². The van der Waals surface area contributed by atoms with E-state index >= 15 is 0 Å². The van der Waals surface area contributed by atoms with Crippen LogP contribution in [0.1, 0.15) is 18.4 Å². The van der Waals surface area contributed by atoms with Crippen LogP contribution in [0, 0.1) is 6.92 Å². The number of sulfonamides is 1. The van der Waals surface area contributed by atoms with Gasteiger partial charge in [0.15, 0.2) is 0 Å². The smallest absolute Gasteiger partial charge is 0.294 e. The number of halogens is 1. The first-order valence-corrected chi connectivity index (χ1v) is 12.1. The van der Waals surface area contributed by atoms with Crippen molar-refractivity contribution in [2.24, 2.45) is 5.73 Å². The van der Waals surface area contributed by atoms with Crippen LogP contribution < -0.4 is 15.8 Å². The van der Waals surface area contributed by atoms with Crippen molar-refractivity contribution >= 4 is 49.2 Å². The summed E-state index contributed by atoms with van der Waals surface area (Å²) in [6, 6.07) is 8.00. The molecule has 2 aromatic carbocycles. The van der Waals surface area contributed by atoms with Gasteiger partial charge in [-0.1, -0.05) is 29.8 Å². The molecule has 2 rings (SSSR count). The molecule has 0 aromatic heterocycles. The maximum atomic E-state index is 12.2. The number of nitrogens with two attached hydrogens (primary N) is 1. The minimum atomic E-state index is -4.54. The highest BCUT2D eigenvalue weighted by Gasteiger charge is 2.23. The van der Waals surface area contributed by atoms with Crippen molar-refractivity contribution in [3.8, 4) is 0 Å². The molecular formula is C18H20ClN3O7S2. The molecule has 1 atom stereocenters. The van der Waals surface area contributed by atoms with Crippen LogP contribution in [-0.4, -0.2) is 39.2 Å². The lowest BCUT2D eigenvalue weighted by atomic mass is 10.1. The summed E-state index contributed by atoms with van der Waals surface area (Å²) < 4.78 is 58.0. The number of carbonyl (C=O) groups excluding carboxylic acids is 2. The van der Waals surface area contributed by atoms with E-state index in [4.69, 9.17) is 21.9 Å². The van der Waals surface area contributed by atoms with Gasteiger partial charge in [-0.25, -0.2) is 13.1 Å². The Morgan fingerprint density at radius 1 is 1.10 bits per heavy atom. The highest BCUT2D eigenvalue weighted by molar-refractivity contribution is 7.90. The topological polar surface area (TPSA) is 173 Å². The van der Waals surface area contributed by atoms with Crippen LogP contribution in [0.15, 0.2) is 52.3 Å². The Bertz CT molecular complexity index is 1200. The SMILES string of the molecule is Cc1c(Cl)cc(S(=O)(=O)O)cc1NC(=O)CC[C@H](N)C(=O)NS(=O)(=O)c1ccccc1. The second-order valence-corrected chi connectivity index (χ2v) is 10.0. The monoisotopic (exact) mass is 489 g/mol. The van der Waals surface area contributed by atoms with E-state index in [1.54, 1.807) is 6.07 Å². The molecule has 10 nitrogen and oxygen atoms in total. The molecule has 2 amide bonds. The first-order chi connectivity index (χ1) is 14.3. The molecule has 0 aliphatic heterocycles. The van der Waals surface area contributed by atoms with Crippen LogP contribution in [0.5, 0.6) is 0 Å². The fraction of sp³-hybridized carbons (Fsp3) is 0.222. The molecule has 2 aromatic rings. The summed E-state index contributed by atoms with van der Waals surface area (Å²) in [6.07, 6.45) is -0.458. The molecule has 31 heavy (non-hydrogen) atoms. The van der Waals surface area contributed by atoms with Crippen molar-refractivity contribution in [2.45, 2.75) is 35.6 Å². The molecule has 5 N–H and O–H groups in total. The van der Waals surface area contributed by atoms with Gasteiger partial charge in [0.05, 0.1) is 15.8 Å². The Labute approximate surface area is 184 Å². The van der Waals surface area contributed by atoms with Crippen LogP contribution >= 0.6 is 11.6 Å². The number of hydrogen-bond acceptors (Lipinski definition) is 7. The third-order valence-corrected chi connectivity index (χ3v) is 6.78. The van der Waals surface area contributed by atoms with Gasteiger partial charge in [0, 0.05) is 17.1 Å². The van der Waals surface area contributed by atoms with E-state index in [1.807, 2.05) is 4.72 Å². The quantitative estimate of drug-likeness (QED) is 0.403. The van der Waals surface area contributed by atoms with Gasteiger partial charge in [-0.3, -0.25) is 14.1 Å². The average molecular weight is 490 g/mol. The standard InChI is InChI=1S/C18H20ClN3O7S2/c1-11-14(19)9-13(31(27,28)29)10-16(11)21-17(23)8-7-15(20)18(24)22-30(25,26)12-5-3-2-4-6-12/h2-6,9-10,15H,7-8,20H2,1H3,(H,21,23)(H,22,24)(H,27,28,29)/t15-/m0/s1. The number of nitrogens with one attached hydrogen (secondary N) is 2. The number of benzene rings is 2. The minimum Gasteiger partial charge on any atom is -0.326 e. The molecule has 0 aliphatic carbocycles. The number of hydrogen-bond donors (Lipinski definition) is 4. The van der Waals surface area contributed by atoms with E-state index in [2.05, 4.69) is 5.32 Å². The molecule has 0 fully saturated rings. The molecule has 0 spiro atoms. The Balaban J connectivity index is 2.00. The zero-order valence-corrected chi connectivity index (χ0v) is 18.6. The Kier molecular flexibility index (Phi) is 7.78. The molecule has 0 saturated carbocycles. The summed E-state index contributed by atoms with van der Waals surface area (Å²) in [5.74, 6) is -1.61. The number of amides is 2. The second-order valence-electron chi connectivity index (χ2n) is 6.53. The molecule has 0 saturated heterocycles. The molecule has 0 heterocycles. The summed E-state index contributed by atoms with van der Waals surface area (Å²) in [5, 5.41) is 2.43. The lowest BCUT2D eigenvalue weighted by Gasteiger charge is -2.14. The highest BCUT2D eigenvalue weighted by atomic mass is 35.5. The lowest BCUT2D eigenvalue weighted by Crippen LogP contribution is -2.43. The Morgan fingerprint density at radius 3 is 2.29 bits per heavy atom. The largest absolute Gasteiger partial charge is 0.326 e. The van der Waals surface area contributed by atoms with Crippen LogP contribution in [0.4, 0.5) is 5.69 Å². The van der Waals surface area contributed by atoms with Gasteiger partial charge in [-0.05, 0) is 43.2 Å². The fourth-order valence-electron chi connectivity index (χ4n) is 2.43. The van der Waals surface area contributed by atoms with Gasteiger partial charge in [0.1, 0.15) is 0 Å². The van der Waals surface area contributed by atoms with Crippen LogP contribution in [0.25, 0.3) is 0 Å². The van der Waals surface area contributed by atoms with Gasteiger partial charge >= 0.3 is 0 Å². The van der Waals surface area contributed by atoms with Crippen molar-refractivity contribution < 1.29 is 31.0 Å². The molecule has 0 bridgehead atoms. The van der Waals surface area contributed by atoms with Gasteiger partial charge < -0.3 is 11.1 Å². The summed E-state index contributed by atoms with van der Waals surface area (Å²) >= 11 is 5.93. The predicted octanol–water partition coefficient (Wildman–Crippen LogP) is 1.45. The maximum Gasteiger partial charge on any atom is 0.294 e. The molecule has 13 heteroatoms. The summed E-state index contributed by atoms with van der Waals surface area (Å²) in [5.41, 5.74) is 6.10. The third-order valence-electron chi connectivity index (χ3n) is 4.20. The van der Waals surface area contributed by atoms with Crippen LogP contribution in [0.3, 0.4) is 0 Å². The fourth-order valence-corrected chi connectivity index (χ4v) is 4.30. The molecule has 0 radical (unpaired) electrons. The molecule has 0 unspecified atom stereocenters. The summed E-state index contributed by atoms with van der Waals surface area (Å²) in [4.78, 5) is 23.7. The second kappa shape index (κ2) is 9.75. The highest BCUT2D eigenvalue weighted by Crippen LogP contribution is 2.28. The average Bonchev–Trinajstić information content (AvgIpc) is 2.69. The van der Waals surface area contributed by atoms with Crippen molar-refractivity contribution in [1.82, 2.24) is 4.72 Å². The van der Waals surface area contributed by atoms with Crippen molar-refractivity contribution in [2.75, 3.05) is 5.32 Å². The number of carbonyl (C=O) groups is 2. The van der Waals surface area contributed by atoms with Crippen LogP contribution in [-0.2, 0) is 29.7 Å². The van der Waals surface area contributed by atoms with E-state index < -0.39 is 42.9 Å². The van der Waals surface area contributed by atoms with Crippen LogP contribution in [0.2, 0.25) is 5.02 Å². The van der Waals surface area contributed by atoms with Crippen molar-refractivity contribution in [1.29, 1.82) is 0 Å². The Hall–Kier alpha value is -2.51. The normalized spacial score (nSPS) is 12.8. The van der Waals surface area contributed by atoms with Crippen molar-refractivity contribution in [3.63, 3.8) is 0 Å². The molecular weight excluding hydrogens is 470 g/mol. The predicted molar refractivity (Wildman–Crippen MR) is 114 cm³/mol. The van der Waals surface area contributed by atoms with Gasteiger partial charge in [0.25, 0.3) is 26.0 Å². The lowest BCUT2D eigenvalue weighted by molar-refractivity contribution is -0.121. The van der Waals surface area contributed by atoms with E-state index in [0.717, 1.165) is 12.1 Å². The van der Waals surface area contributed by atoms with Crippen molar-refractivity contribution in [3.05, 3.63) is 53.1 Å². The third kappa shape index (κ3) is 6.74. The first kappa shape index (κ1) is 24.8. The number of rotatable bonds is 8. The van der Waals surface area contributed by atoms with E-state index in [9.17, 15) is 26.4 Å². The molecule has 0 aliphatic rings. The van der Waals surface area contributed by atoms with E-state index in [-0.39, 0.29) is 28.4 Å². The first-order valence-electron chi connectivity index (χ1n) is 8.76.